The molecule has 3 aromatic rings. The van der Waals surface area contributed by atoms with Gasteiger partial charge in [0.2, 0.25) is 11.8 Å². The first-order valence-electron chi connectivity index (χ1n) is 13.7. The van der Waals surface area contributed by atoms with E-state index in [1.54, 1.807) is 37.3 Å². The van der Waals surface area contributed by atoms with Crippen LogP contribution in [0.25, 0.3) is 10.9 Å². The number of aromatic nitrogens is 1. The van der Waals surface area contributed by atoms with Crippen LogP contribution in [0.2, 0.25) is 0 Å². The second-order valence-corrected chi connectivity index (χ2v) is 9.62. The lowest BCUT2D eigenvalue weighted by Gasteiger charge is -2.36. The number of carboxylic acids is 1. The lowest BCUT2D eigenvalue weighted by atomic mass is 10.1. The zero-order valence-corrected chi connectivity index (χ0v) is 23.8. The van der Waals surface area contributed by atoms with E-state index in [-0.39, 0.29) is 57.1 Å². The Morgan fingerprint density at radius 3 is 2.30 bits per heavy atom. The van der Waals surface area contributed by atoms with Crippen LogP contribution in [0, 0.1) is 0 Å². The molecule has 0 saturated carbocycles. The number of amides is 3. The highest BCUT2D eigenvalue weighted by Crippen LogP contribution is 2.28. The fraction of sp³-hybridized carbons (Fsp3) is 0.333. The van der Waals surface area contributed by atoms with Gasteiger partial charge in [0.15, 0.2) is 0 Å². The quantitative estimate of drug-likeness (QED) is 0.334. The molecule has 1 aromatic heterocycles. The number of para-hydroxylation sites is 1. The van der Waals surface area contributed by atoms with Crippen LogP contribution >= 0.6 is 0 Å². The normalized spacial score (nSPS) is 13.6. The van der Waals surface area contributed by atoms with Crippen LogP contribution < -0.4 is 10.1 Å². The Balaban J connectivity index is 1.57. The van der Waals surface area contributed by atoms with Crippen molar-refractivity contribution in [1.82, 2.24) is 20.1 Å². The second kappa shape index (κ2) is 14.1. The van der Waals surface area contributed by atoms with Crippen molar-refractivity contribution in [2.24, 2.45) is 0 Å². The number of benzene rings is 2. The molecule has 0 aliphatic carbocycles. The molecule has 13 nitrogen and oxygen atoms in total. The van der Waals surface area contributed by atoms with Gasteiger partial charge >= 0.3 is 18.0 Å². The largest absolute Gasteiger partial charge is 0.481 e. The Labute approximate surface area is 247 Å². The number of carbonyl (C=O) groups excluding carboxylic acids is 4. The van der Waals surface area contributed by atoms with Crippen molar-refractivity contribution in [2.45, 2.75) is 25.8 Å². The highest BCUT2D eigenvalue weighted by Gasteiger charge is 2.31. The molecule has 13 heteroatoms. The Morgan fingerprint density at radius 2 is 1.65 bits per heavy atom. The minimum absolute atomic E-state index is 0.0241. The van der Waals surface area contributed by atoms with Crippen molar-refractivity contribution in [3.8, 4) is 11.6 Å². The van der Waals surface area contributed by atoms with Gasteiger partial charge in [-0.3, -0.25) is 14.4 Å². The van der Waals surface area contributed by atoms with Crippen molar-refractivity contribution in [3.63, 3.8) is 0 Å². The molecule has 0 spiro atoms. The average Bonchev–Trinajstić information content (AvgIpc) is 3.02. The third-order valence-electron chi connectivity index (χ3n) is 6.79. The first-order valence-corrected chi connectivity index (χ1v) is 13.7. The molecule has 43 heavy (non-hydrogen) atoms. The highest BCUT2D eigenvalue weighted by atomic mass is 16.6. The minimum atomic E-state index is -1.16. The molecule has 1 saturated heterocycles. The smallest absolute Gasteiger partial charge is 0.409 e. The van der Waals surface area contributed by atoms with Gasteiger partial charge in [0, 0.05) is 38.0 Å². The minimum Gasteiger partial charge on any atom is -0.481 e. The van der Waals surface area contributed by atoms with Gasteiger partial charge in [-0.1, -0.05) is 18.2 Å². The predicted octanol–water partition coefficient (Wildman–Crippen LogP) is 3.08. The number of pyridine rings is 1. The van der Waals surface area contributed by atoms with Gasteiger partial charge in [0.25, 0.3) is 5.91 Å². The molecule has 1 unspecified atom stereocenters. The van der Waals surface area contributed by atoms with E-state index in [0.29, 0.717) is 22.2 Å². The number of hydrogen-bond donors (Lipinski definition) is 2. The molecule has 0 radical (unpaired) electrons. The summed E-state index contributed by atoms with van der Waals surface area (Å²) in [5, 5.41) is 12.6. The molecule has 0 bridgehead atoms. The zero-order valence-electron chi connectivity index (χ0n) is 23.8. The molecule has 2 N–H and O–H groups in total. The number of esters is 1. The van der Waals surface area contributed by atoms with Crippen LogP contribution in [0.4, 0.5) is 4.79 Å². The number of methoxy groups -OCH3 is 1. The summed E-state index contributed by atoms with van der Waals surface area (Å²) < 4.78 is 15.7. The molecule has 226 valence electrons. The number of fused-ring (bicyclic) bond motifs is 1. The first-order chi connectivity index (χ1) is 20.7. The molecule has 2 heterocycles. The van der Waals surface area contributed by atoms with Gasteiger partial charge in [-0.05, 0) is 49.7 Å². The van der Waals surface area contributed by atoms with E-state index in [4.69, 9.17) is 14.2 Å². The van der Waals surface area contributed by atoms with Gasteiger partial charge in [-0.25, -0.2) is 14.6 Å². The van der Waals surface area contributed by atoms with Crippen molar-refractivity contribution in [1.29, 1.82) is 0 Å². The molecule has 1 aliphatic heterocycles. The summed E-state index contributed by atoms with van der Waals surface area (Å²) in [6.45, 7) is 2.82. The van der Waals surface area contributed by atoms with E-state index < -0.39 is 35.9 Å². The van der Waals surface area contributed by atoms with Gasteiger partial charge in [-0.15, -0.1) is 0 Å². The van der Waals surface area contributed by atoms with Crippen molar-refractivity contribution in [2.75, 3.05) is 39.9 Å². The summed E-state index contributed by atoms with van der Waals surface area (Å²) in [4.78, 5) is 69.8. The Morgan fingerprint density at radius 1 is 0.977 bits per heavy atom. The number of carboxylic acid groups (broad SMARTS) is 1. The van der Waals surface area contributed by atoms with Crippen molar-refractivity contribution in [3.05, 3.63) is 65.7 Å². The number of nitrogens with zero attached hydrogens (tertiary/aromatic N) is 3. The molecule has 3 amide bonds. The maximum absolute atomic E-state index is 13.7. The van der Waals surface area contributed by atoms with Gasteiger partial charge in [0.05, 0.1) is 24.8 Å². The number of aliphatic carboxylic acids is 1. The zero-order chi connectivity index (χ0) is 30.9. The topological polar surface area (TPSA) is 165 Å². The van der Waals surface area contributed by atoms with Crippen LogP contribution in [0.1, 0.15) is 40.5 Å². The lowest BCUT2D eigenvalue weighted by Crippen LogP contribution is -2.56. The standard InChI is InChI=1S/C30H32N4O9/c1-3-42-30(40)34-16-14-33(15-17-34)28(38)24(12-13-25(35)36)31-26(37)22-18-20-6-4-5-7-23(20)32-27(22)43-21-10-8-19(9-11-21)29(39)41-2/h4-11,18,24H,3,12-17H2,1-2H3,(H,31,37)(H,35,36). The fourth-order valence-electron chi connectivity index (χ4n) is 4.53. The molecular formula is C30H32N4O9. The summed E-state index contributed by atoms with van der Waals surface area (Å²) in [5.74, 6) is -2.54. The summed E-state index contributed by atoms with van der Waals surface area (Å²) in [6, 6.07) is 13.6. The fourth-order valence-corrected chi connectivity index (χ4v) is 4.53. The van der Waals surface area contributed by atoms with Gasteiger partial charge < -0.3 is 34.4 Å². The van der Waals surface area contributed by atoms with Gasteiger partial charge in [-0.2, -0.15) is 0 Å². The summed E-state index contributed by atoms with van der Waals surface area (Å²) >= 11 is 0. The number of ether oxygens (including phenoxy) is 3. The molecular weight excluding hydrogens is 560 g/mol. The third-order valence-corrected chi connectivity index (χ3v) is 6.79. The van der Waals surface area contributed by atoms with E-state index in [9.17, 15) is 29.1 Å². The highest BCUT2D eigenvalue weighted by molar-refractivity contribution is 6.02. The summed E-state index contributed by atoms with van der Waals surface area (Å²) in [6.07, 6.45) is -0.975. The first kappa shape index (κ1) is 30.8. The van der Waals surface area contributed by atoms with Crippen molar-refractivity contribution >= 4 is 40.7 Å². The molecule has 2 aromatic carbocycles. The van der Waals surface area contributed by atoms with E-state index in [1.165, 1.54) is 41.2 Å². The summed E-state index contributed by atoms with van der Waals surface area (Å²) in [5.41, 5.74) is 0.886. The SMILES string of the molecule is CCOC(=O)N1CCN(C(=O)C(CCC(=O)O)NC(=O)c2cc3ccccc3nc2Oc2ccc(C(=O)OC)cc2)CC1. The number of nitrogens with one attached hydrogen (secondary N) is 1. The molecule has 4 rings (SSSR count). The Bertz CT molecular complexity index is 1500. The third kappa shape index (κ3) is 7.76. The van der Waals surface area contributed by atoms with E-state index >= 15 is 0 Å². The molecule has 1 aliphatic rings. The molecule has 1 fully saturated rings. The second-order valence-electron chi connectivity index (χ2n) is 9.62. The van der Waals surface area contributed by atoms with E-state index in [2.05, 4.69) is 10.3 Å². The Kier molecular flexibility index (Phi) is 10.1. The van der Waals surface area contributed by atoms with Crippen LogP contribution in [0.3, 0.4) is 0 Å². The van der Waals surface area contributed by atoms with Crippen LogP contribution in [0.5, 0.6) is 11.6 Å². The van der Waals surface area contributed by atoms with Crippen LogP contribution in [-0.2, 0) is 19.1 Å². The van der Waals surface area contributed by atoms with E-state index in [0.717, 1.165) is 0 Å². The van der Waals surface area contributed by atoms with E-state index in [1.807, 2.05) is 0 Å². The van der Waals surface area contributed by atoms with Crippen molar-refractivity contribution < 1.29 is 43.3 Å². The number of hydrogen-bond acceptors (Lipinski definition) is 9. The van der Waals surface area contributed by atoms with Gasteiger partial charge in [0.1, 0.15) is 17.4 Å². The maximum Gasteiger partial charge on any atom is 0.409 e. The van der Waals surface area contributed by atoms with Crippen LogP contribution in [0.15, 0.2) is 54.6 Å². The predicted molar refractivity (Wildman–Crippen MR) is 153 cm³/mol. The summed E-state index contributed by atoms with van der Waals surface area (Å²) in [7, 11) is 1.27. The number of carbonyl (C=O) groups is 5. The number of rotatable bonds is 10. The maximum atomic E-state index is 13.7. The van der Waals surface area contributed by atoms with Crippen LogP contribution in [-0.4, -0.2) is 95.7 Å². The Hall–Kier alpha value is -5.20. The lowest BCUT2D eigenvalue weighted by molar-refractivity contribution is -0.138. The monoisotopic (exact) mass is 592 g/mol. The molecule has 1 atom stereocenters. The number of piperazine rings is 1. The average molecular weight is 593 g/mol.